The van der Waals surface area contributed by atoms with Crippen molar-refractivity contribution in [2.45, 2.75) is 13.8 Å². The monoisotopic (exact) mass is 249 g/mol. The first-order valence-corrected chi connectivity index (χ1v) is 6.24. The maximum absolute atomic E-state index is 4.68. The molecule has 0 spiro atoms. The molecule has 2 aromatic heterocycles. The molecule has 1 aromatic carbocycles. The van der Waals surface area contributed by atoms with E-state index < -0.39 is 0 Å². The van der Waals surface area contributed by atoms with Crippen molar-refractivity contribution in [3.8, 4) is 11.3 Å². The Kier molecular flexibility index (Phi) is 2.67. The van der Waals surface area contributed by atoms with E-state index >= 15 is 0 Å². The van der Waals surface area contributed by atoms with Gasteiger partial charge in [-0.05, 0) is 31.6 Å². The van der Waals surface area contributed by atoms with Crippen LogP contribution in [0, 0.1) is 6.92 Å². The molecule has 0 aliphatic carbocycles. The summed E-state index contributed by atoms with van der Waals surface area (Å²) in [7, 11) is 0. The fourth-order valence-electron chi connectivity index (χ4n) is 2.21. The summed E-state index contributed by atoms with van der Waals surface area (Å²) in [6.45, 7) is 8.02. The van der Waals surface area contributed by atoms with E-state index in [4.69, 9.17) is 0 Å². The molecule has 0 saturated heterocycles. The van der Waals surface area contributed by atoms with E-state index in [0.29, 0.717) is 0 Å². The zero-order chi connectivity index (χ0) is 13.4. The Balaban J connectivity index is 2.36. The molecule has 0 unspecified atom stereocenters. The van der Waals surface area contributed by atoms with Crippen molar-refractivity contribution in [1.29, 1.82) is 0 Å². The molecule has 19 heavy (non-hydrogen) atoms. The lowest BCUT2D eigenvalue weighted by atomic mass is 10.1. The van der Waals surface area contributed by atoms with Crippen molar-refractivity contribution in [1.82, 2.24) is 14.6 Å². The van der Waals surface area contributed by atoms with Gasteiger partial charge in [-0.3, -0.25) is 0 Å². The van der Waals surface area contributed by atoms with Gasteiger partial charge in [0.2, 0.25) is 0 Å². The predicted molar refractivity (Wildman–Crippen MR) is 77.9 cm³/mol. The van der Waals surface area contributed by atoms with E-state index in [9.17, 15) is 0 Å². The van der Waals surface area contributed by atoms with Gasteiger partial charge in [-0.15, -0.1) is 0 Å². The van der Waals surface area contributed by atoms with Crippen molar-refractivity contribution >= 4 is 11.2 Å². The van der Waals surface area contributed by atoms with Crippen LogP contribution in [0.5, 0.6) is 0 Å². The van der Waals surface area contributed by atoms with Crippen LogP contribution in [0.25, 0.3) is 22.5 Å². The van der Waals surface area contributed by atoms with Gasteiger partial charge < -0.3 is 0 Å². The Morgan fingerprint density at radius 3 is 2.53 bits per heavy atom. The molecule has 3 rings (SSSR count). The molecule has 3 nitrogen and oxygen atoms in total. The molecule has 0 fully saturated rings. The summed E-state index contributed by atoms with van der Waals surface area (Å²) in [5, 5.41) is 4.54. The van der Waals surface area contributed by atoms with Gasteiger partial charge in [0, 0.05) is 5.56 Å². The summed E-state index contributed by atoms with van der Waals surface area (Å²) in [4.78, 5) is 4.68. The summed E-state index contributed by atoms with van der Waals surface area (Å²) < 4.78 is 1.88. The Morgan fingerprint density at radius 1 is 1.11 bits per heavy atom. The third-order valence-electron chi connectivity index (χ3n) is 3.06. The van der Waals surface area contributed by atoms with Crippen LogP contribution in [-0.4, -0.2) is 14.6 Å². The smallest absolute Gasteiger partial charge is 0.154 e. The number of hydrogen-bond acceptors (Lipinski definition) is 2. The first-order valence-electron chi connectivity index (χ1n) is 6.24. The molecule has 0 saturated carbocycles. The first-order chi connectivity index (χ1) is 9.16. The summed E-state index contributed by atoms with van der Waals surface area (Å²) in [5.41, 5.74) is 5.78. The van der Waals surface area contributed by atoms with Crippen molar-refractivity contribution in [3.05, 3.63) is 60.4 Å². The van der Waals surface area contributed by atoms with Crippen LogP contribution in [-0.2, 0) is 0 Å². The molecule has 3 aromatic rings. The lowest BCUT2D eigenvalue weighted by Crippen LogP contribution is -1.98. The standard InChI is InChI=1S/C16H15N3/c1-11(2)16-15(13-7-5-4-6-8-13)17-14-10-9-12(3)18-19(14)16/h4-10H,1H2,2-3H3. The van der Waals surface area contributed by atoms with E-state index in [1.165, 1.54) is 0 Å². The lowest BCUT2D eigenvalue weighted by molar-refractivity contribution is 0.889. The summed E-state index contributed by atoms with van der Waals surface area (Å²) >= 11 is 0. The maximum atomic E-state index is 4.68. The zero-order valence-electron chi connectivity index (χ0n) is 11.1. The fraction of sp³-hybridized carbons (Fsp3) is 0.125. The Morgan fingerprint density at radius 2 is 1.84 bits per heavy atom. The van der Waals surface area contributed by atoms with Crippen molar-refractivity contribution < 1.29 is 0 Å². The third kappa shape index (κ3) is 1.93. The average molecular weight is 249 g/mol. The SMILES string of the molecule is C=C(C)c1c(-c2ccccc2)nc2ccc(C)nn12. The van der Waals surface area contributed by atoms with Crippen molar-refractivity contribution in [2.75, 3.05) is 0 Å². The molecule has 0 aliphatic rings. The molecule has 2 heterocycles. The van der Waals surface area contributed by atoms with Crippen LogP contribution in [0.1, 0.15) is 18.3 Å². The summed E-state index contributed by atoms with van der Waals surface area (Å²) in [6, 6.07) is 14.1. The van der Waals surface area contributed by atoms with Crippen molar-refractivity contribution in [2.24, 2.45) is 0 Å². The number of allylic oxidation sites excluding steroid dienone is 1. The molecule has 3 heteroatoms. The Hall–Kier alpha value is -2.42. The van der Waals surface area contributed by atoms with Gasteiger partial charge in [0.1, 0.15) is 0 Å². The minimum atomic E-state index is 0.849. The molecular weight excluding hydrogens is 234 g/mol. The quantitative estimate of drug-likeness (QED) is 0.692. The highest BCUT2D eigenvalue weighted by Gasteiger charge is 2.15. The second kappa shape index (κ2) is 4.35. The van der Waals surface area contributed by atoms with Gasteiger partial charge in [0.05, 0.1) is 17.1 Å². The van der Waals surface area contributed by atoms with Gasteiger partial charge >= 0.3 is 0 Å². The zero-order valence-corrected chi connectivity index (χ0v) is 11.1. The van der Waals surface area contributed by atoms with E-state index in [0.717, 1.165) is 33.9 Å². The van der Waals surface area contributed by atoms with Gasteiger partial charge in [-0.1, -0.05) is 36.9 Å². The summed E-state index contributed by atoms with van der Waals surface area (Å²) in [6.07, 6.45) is 0. The number of fused-ring (bicyclic) bond motifs is 1. The van der Waals surface area contributed by atoms with Crippen molar-refractivity contribution in [3.63, 3.8) is 0 Å². The molecule has 0 aliphatic heterocycles. The molecule has 0 atom stereocenters. The Labute approximate surface area is 112 Å². The number of aryl methyl sites for hydroxylation is 1. The molecule has 94 valence electrons. The number of rotatable bonds is 2. The second-order valence-electron chi connectivity index (χ2n) is 4.70. The van der Waals surface area contributed by atoms with Crippen LogP contribution >= 0.6 is 0 Å². The van der Waals surface area contributed by atoms with Gasteiger partial charge in [0.15, 0.2) is 5.65 Å². The fourth-order valence-corrected chi connectivity index (χ4v) is 2.21. The topological polar surface area (TPSA) is 30.2 Å². The number of hydrogen-bond donors (Lipinski definition) is 0. The van der Waals surface area contributed by atoms with E-state index in [-0.39, 0.29) is 0 Å². The van der Waals surface area contributed by atoms with E-state index in [1.54, 1.807) is 0 Å². The minimum Gasteiger partial charge on any atom is -0.226 e. The number of imidazole rings is 1. The molecule has 0 radical (unpaired) electrons. The van der Waals surface area contributed by atoms with Gasteiger partial charge in [0.25, 0.3) is 0 Å². The number of nitrogens with zero attached hydrogens (tertiary/aromatic N) is 3. The molecule has 0 bridgehead atoms. The first kappa shape index (κ1) is 11.7. The number of aromatic nitrogens is 3. The highest BCUT2D eigenvalue weighted by atomic mass is 15.3. The predicted octanol–water partition coefficient (Wildman–Crippen LogP) is 3.74. The van der Waals surface area contributed by atoms with Gasteiger partial charge in [-0.25, -0.2) is 9.50 Å². The van der Waals surface area contributed by atoms with Crippen LogP contribution in [0.2, 0.25) is 0 Å². The van der Waals surface area contributed by atoms with Gasteiger partial charge in [-0.2, -0.15) is 5.10 Å². The third-order valence-corrected chi connectivity index (χ3v) is 3.06. The highest BCUT2D eigenvalue weighted by Crippen LogP contribution is 2.28. The van der Waals surface area contributed by atoms with Crippen LogP contribution in [0.15, 0.2) is 49.0 Å². The lowest BCUT2D eigenvalue weighted by Gasteiger charge is -2.03. The average Bonchev–Trinajstić information content (AvgIpc) is 2.78. The van der Waals surface area contributed by atoms with E-state index in [1.807, 2.05) is 48.7 Å². The molecule has 0 N–H and O–H groups in total. The van der Waals surface area contributed by atoms with Crippen LogP contribution < -0.4 is 0 Å². The largest absolute Gasteiger partial charge is 0.226 e. The summed E-state index contributed by atoms with van der Waals surface area (Å²) in [5.74, 6) is 0. The normalized spacial score (nSPS) is 10.8. The number of benzene rings is 1. The maximum Gasteiger partial charge on any atom is 0.154 e. The highest BCUT2D eigenvalue weighted by molar-refractivity contribution is 5.78. The molecule has 0 amide bonds. The molecular formula is C16H15N3. The van der Waals surface area contributed by atoms with Crippen LogP contribution in [0.4, 0.5) is 0 Å². The van der Waals surface area contributed by atoms with Crippen LogP contribution in [0.3, 0.4) is 0 Å². The minimum absolute atomic E-state index is 0.849. The van der Waals surface area contributed by atoms with E-state index in [2.05, 4.69) is 28.8 Å². The second-order valence-corrected chi connectivity index (χ2v) is 4.70. The Bertz CT molecular complexity index is 754.